The molecule has 0 aliphatic heterocycles. The van der Waals surface area contributed by atoms with E-state index in [2.05, 4.69) is 24.4 Å². The topological polar surface area (TPSA) is 30.5 Å². The van der Waals surface area contributed by atoms with Gasteiger partial charge in [0.05, 0.1) is 13.2 Å². The lowest BCUT2D eigenvalue weighted by molar-refractivity contribution is 0.266. The largest absolute Gasteiger partial charge is 0.490 e. The van der Waals surface area contributed by atoms with E-state index in [9.17, 15) is 0 Å². The minimum absolute atomic E-state index is 0.672. The van der Waals surface area contributed by atoms with E-state index in [0.29, 0.717) is 6.61 Å². The molecule has 0 saturated heterocycles. The lowest BCUT2D eigenvalue weighted by Gasteiger charge is -2.13. The summed E-state index contributed by atoms with van der Waals surface area (Å²) in [6, 6.07) is 6.25. The van der Waals surface area contributed by atoms with Crippen LogP contribution >= 0.6 is 0 Å². The Morgan fingerprint density at radius 2 is 2.00 bits per heavy atom. The van der Waals surface area contributed by atoms with Gasteiger partial charge in [0.25, 0.3) is 0 Å². The van der Waals surface area contributed by atoms with Crippen LogP contribution in [-0.2, 0) is 6.54 Å². The van der Waals surface area contributed by atoms with E-state index >= 15 is 0 Å². The zero-order valence-electron chi connectivity index (χ0n) is 12.1. The molecule has 0 unspecified atom stereocenters. The molecule has 0 spiro atoms. The van der Waals surface area contributed by atoms with Crippen LogP contribution in [0.25, 0.3) is 0 Å². The van der Waals surface area contributed by atoms with E-state index in [1.54, 1.807) is 0 Å². The SMILES string of the molecule is CCCNCc1ccc(OCC2CC2)c(OCC)c1. The number of rotatable bonds is 9. The highest BCUT2D eigenvalue weighted by Gasteiger charge is 2.22. The first-order valence-corrected chi connectivity index (χ1v) is 7.42. The second-order valence-electron chi connectivity index (χ2n) is 5.15. The van der Waals surface area contributed by atoms with Crippen molar-refractivity contribution in [3.8, 4) is 11.5 Å². The molecule has 19 heavy (non-hydrogen) atoms. The first-order chi connectivity index (χ1) is 9.33. The lowest BCUT2D eigenvalue weighted by atomic mass is 10.2. The number of hydrogen-bond acceptors (Lipinski definition) is 3. The minimum atomic E-state index is 0.672. The Bertz CT molecular complexity index is 388. The van der Waals surface area contributed by atoms with E-state index in [1.165, 1.54) is 18.4 Å². The van der Waals surface area contributed by atoms with Gasteiger partial charge in [-0.2, -0.15) is 0 Å². The summed E-state index contributed by atoms with van der Waals surface area (Å²) >= 11 is 0. The van der Waals surface area contributed by atoms with Gasteiger partial charge < -0.3 is 14.8 Å². The molecule has 0 amide bonds. The van der Waals surface area contributed by atoms with Gasteiger partial charge in [-0.3, -0.25) is 0 Å². The third-order valence-electron chi connectivity index (χ3n) is 3.24. The third kappa shape index (κ3) is 4.75. The van der Waals surface area contributed by atoms with Crippen molar-refractivity contribution in [1.82, 2.24) is 5.32 Å². The molecule has 1 saturated carbocycles. The molecule has 0 aromatic heterocycles. The van der Waals surface area contributed by atoms with Crippen LogP contribution in [0.2, 0.25) is 0 Å². The summed E-state index contributed by atoms with van der Waals surface area (Å²) in [5.41, 5.74) is 1.25. The first kappa shape index (κ1) is 14.2. The molecule has 1 N–H and O–H groups in total. The lowest BCUT2D eigenvalue weighted by Crippen LogP contribution is -2.14. The van der Waals surface area contributed by atoms with E-state index in [4.69, 9.17) is 9.47 Å². The van der Waals surface area contributed by atoms with Gasteiger partial charge in [-0.05, 0) is 56.3 Å². The molecule has 1 aliphatic carbocycles. The molecule has 2 rings (SSSR count). The number of hydrogen-bond donors (Lipinski definition) is 1. The Labute approximate surface area is 116 Å². The van der Waals surface area contributed by atoms with Crippen molar-refractivity contribution >= 4 is 0 Å². The number of benzene rings is 1. The highest BCUT2D eigenvalue weighted by molar-refractivity contribution is 5.43. The Morgan fingerprint density at radius 3 is 2.68 bits per heavy atom. The second-order valence-corrected chi connectivity index (χ2v) is 5.15. The van der Waals surface area contributed by atoms with Gasteiger partial charge in [0.2, 0.25) is 0 Å². The van der Waals surface area contributed by atoms with Gasteiger partial charge in [0.1, 0.15) is 0 Å². The molecule has 3 nitrogen and oxygen atoms in total. The molecular formula is C16H25NO2. The van der Waals surface area contributed by atoms with E-state index in [-0.39, 0.29) is 0 Å². The standard InChI is InChI=1S/C16H25NO2/c1-3-9-17-11-14-7-8-15(16(10-14)18-4-2)19-12-13-5-6-13/h7-8,10,13,17H,3-6,9,11-12H2,1-2H3. The van der Waals surface area contributed by atoms with Crippen LogP contribution < -0.4 is 14.8 Å². The molecule has 0 radical (unpaired) electrons. The maximum atomic E-state index is 5.85. The van der Waals surface area contributed by atoms with Gasteiger partial charge in [-0.25, -0.2) is 0 Å². The van der Waals surface area contributed by atoms with Crippen molar-refractivity contribution in [3.63, 3.8) is 0 Å². The molecule has 0 atom stereocenters. The maximum Gasteiger partial charge on any atom is 0.161 e. The van der Waals surface area contributed by atoms with Gasteiger partial charge in [-0.15, -0.1) is 0 Å². The smallest absolute Gasteiger partial charge is 0.161 e. The normalized spacial score (nSPS) is 14.4. The van der Waals surface area contributed by atoms with Crippen molar-refractivity contribution in [2.75, 3.05) is 19.8 Å². The van der Waals surface area contributed by atoms with E-state index in [1.807, 2.05) is 13.0 Å². The summed E-state index contributed by atoms with van der Waals surface area (Å²) < 4.78 is 11.5. The van der Waals surface area contributed by atoms with Gasteiger partial charge in [0.15, 0.2) is 11.5 Å². The maximum absolute atomic E-state index is 5.85. The van der Waals surface area contributed by atoms with Crippen molar-refractivity contribution in [2.45, 2.75) is 39.7 Å². The van der Waals surface area contributed by atoms with Crippen LogP contribution in [0.1, 0.15) is 38.7 Å². The van der Waals surface area contributed by atoms with Crippen LogP contribution in [-0.4, -0.2) is 19.8 Å². The number of ether oxygens (including phenoxy) is 2. The van der Waals surface area contributed by atoms with Crippen LogP contribution in [0.4, 0.5) is 0 Å². The molecule has 3 heteroatoms. The second kappa shape index (κ2) is 7.39. The van der Waals surface area contributed by atoms with Gasteiger partial charge >= 0.3 is 0 Å². The molecular weight excluding hydrogens is 238 g/mol. The Hall–Kier alpha value is -1.22. The summed E-state index contributed by atoms with van der Waals surface area (Å²) in [7, 11) is 0. The van der Waals surface area contributed by atoms with Crippen molar-refractivity contribution in [2.24, 2.45) is 5.92 Å². The predicted molar refractivity (Wildman–Crippen MR) is 77.8 cm³/mol. The van der Waals surface area contributed by atoms with Crippen LogP contribution in [0.3, 0.4) is 0 Å². The summed E-state index contributed by atoms with van der Waals surface area (Å²) in [6.07, 6.45) is 3.77. The first-order valence-electron chi connectivity index (χ1n) is 7.42. The Balaban J connectivity index is 1.96. The Kier molecular flexibility index (Phi) is 5.52. The van der Waals surface area contributed by atoms with Crippen molar-refractivity contribution in [3.05, 3.63) is 23.8 Å². The number of nitrogens with one attached hydrogen (secondary N) is 1. The highest BCUT2D eigenvalue weighted by atomic mass is 16.5. The van der Waals surface area contributed by atoms with Crippen molar-refractivity contribution < 1.29 is 9.47 Å². The van der Waals surface area contributed by atoms with Gasteiger partial charge in [0, 0.05) is 6.54 Å². The Morgan fingerprint density at radius 1 is 1.16 bits per heavy atom. The summed E-state index contributed by atoms with van der Waals surface area (Å²) in [5.74, 6) is 2.52. The molecule has 1 fully saturated rings. The van der Waals surface area contributed by atoms with Crippen LogP contribution in [0.15, 0.2) is 18.2 Å². The molecule has 1 aliphatic rings. The van der Waals surface area contributed by atoms with E-state index in [0.717, 1.165) is 43.5 Å². The molecule has 1 aromatic carbocycles. The summed E-state index contributed by atoms with van der Waals surface area (Å²) in [5, 5.41) is 3.40. The minimum Gasteiger partial charge on any atom is -0.490 e. The fourth-order valence-electron chi connectivity index (χ4n) is 1.95. The van der Waals surface area contributed by atoms with Crippen LogP contribution in [0.5, 0.6) is 11.5 Å². The van der Waals surface area contributed by atoms with Crippen molar-refractivity contribution in [1.29, 1.82) is 0 Å². The predicted octanol–water partition coefficient (Wildman–Crippen LogP) is 3.37. The summed E-state index contributed by atoms with van der Waals surface area (Å²) in [4.78, 5) is 0. The van der Waals surface area contributed by atoms with Gasteiger partial charge in [-0.1, -0.05) is 13.0 Å². The fourth-order valence-corrected chi connectivity index (χ4v) is 1.95. The zero-order valence-corrected chi connectivity index (χ0v) is 12.1. The average molecular weight is 263 g/mol. The summed E-state index contributed by atoms with van der Waals surface area (Å²) in [6.45, 7) is 7.61. The monoisotopic (exact) mass is 263 g/mol. The molecule has 0 bridgehead atoms. The molecule has 106 valence electrons. The average Bonchev–Trinajstić information content (AvgIpc) is 3.23. The highest BCUT2D eigenvalue weighted by Crippen LogP contribution is 2.33. The molecule has 1 aromatic rings. The zero-order chi connectivity index (χ0) is 13.5. The fraction of sp³-hybridized carbons (Fsp3) is 0.625. The van der Waals surface area contributed by atoms with Crippen LogP contribution in [0, 0.1) is 5.92 Å². The third-order valence-corrected chi connectivity index (χ3v) is 3.24. The molecule has 0 heterocycles. The quantitative estimate of drug-likeness (QED) is 0.693. The van der Waals surface area contributed by atoms with E-state index < -0.39 is 0 Å².